The molecule has 6 nitrogen and oxygen atoms in total. The van der Waals surface area contributed by atoms with Crippen LogP contribution in [0.4, 0.5) is 0 Å². The van der Waals surface area contributed by atoms with Crippen LogP contribution in [0.3, 0.4) is 0 Å². The number of aromatic nitrogens is 1. The van der Waals surface area contributed by atoms with E-state index in [2.05, 4.69) is 25.6 Å². The van der Waals surface area contributed by atoms with Crippen molar-refractivity contribution in [1.29, 1.82) is 0 Å². The van der Waals surface area contributed by atoms with Crippen LogP contribution in [0.25, 0.3) is 10.9 Å². The van der Waals surface area contributed by atoms with Gasteiger partial charge in [0.2, 0.25) is 0 Å². The van der Waals surface area contributed by atoms with Crippen LogP contribution >= 0.6 is 0 Å². The van der Waals surface area contributed by atoms with E-state index in [-0.39, 0.29) is 22.6 Å². The summed E-state index contributed by atoms with van der Waals surface area (Å²) in [5.41, 5.74) is 1.65. The lowest BCUT2D eigenvalue weighted by molar-refractivity contribution is 0.0516. The maximum absolute atomic E-state index is 13.0. The van der Waals surface area contributed by atoms with Gasteiger partial charge in [0.1, 0.15) is 5.69 Å². The SMILES string of the molecule is CCOC(=O)c1cc2ccccc2n1NS(=O)(=O)c1ccc(C(C)(C)C)cc1. The fourth-order valence-corrected chi connectivity index (χ4v) is 3.95. The van der Waals surface area contributed by atoms with Crippen molar-refractivity contribution in [2.24, 2.45) is 0 Å². The van der Waals surface area contributed by atoms with Crippen LogP contribution in [0.5, 0.6) is 0 Å². The van der Waals surface area contributed by atoms with Gasteiger partial charge in [-0.2, -0.15) is 8.42 Å². The molecular weight excluding hydrogens is 376 g/mol. The summed E-state index contributed by atoms with van der Waals surface area (Å²) < 4.78 is 32.2. The summed E-state index contributed by atoms with van der Waals surface area (Å²) in [5, 5.41) is 0.733. The standard InChI is InChI=1S/C21H24N2O4S/c1-5-27-20(24)19-14-15-8-6-7-9-18(15)23(19)22-28(25,26)17-12-10-16(11-13-17)21(2,3)4/h6-14,22H,5H2,1-4H3. The zero-order valence-electron chi connectivity index (χ0n) is 16.4. The number of carbonyl (C=O) groups excluding carboxylic acids is 1. The Labute approximate surface area is 165 Å². The minimum Gasteiger partial charge on any atom is -0.461 e. The smallest absolute Gasteiger partial charge is 0.356 e. The number of ether oxygens (including phenoxy) is 1. The van der Waals surface area contributed by atoms with Gasteiger partial charge in [0, 0.05) is 5.39 Å². The van der Waals surface area contributed by atoms with Crippen molar-refractivity contribution >= 4 is 26.9 Å². The molecule has 28 heavy (non-hydrogen) atoms. The van der Waals surface area contributed by atoms with Crippen LogP contribution in [0, 0.1) is 0 Å². The first kappa shape index (κ1) is 19.9. The van der Waals surface area contributed by atoms with Crippen LogP contribution in [-0.4, -0.2) is 25.7 Å². The molecule has 3 aromatic rings. The van der Waals surface area contributed by atoms with E-state index in [1.807, 2.05) is 6.07 Å². The first-order valence-corrected chi connectivity index (χ1v) is 10.5. The summed E-state index contributed by atoms with van der Waals surface area (Å²) in [5.74, 6) is -0.593. The van der Waals surface area contributed by atoms with Gasteiger partial charge in [0.25, 0.3) is 10.0 Å². The average Bonchev–Trinajstić information content (AvgIpc) is 2.99. The number of rotatable bonds is 5. The zero-order valence-corrected chi connectivity index (χ0v) is 17.2. The molecule has 0 bridgehead atoms. The van der Waals surface area contributed by atoms with E-state index in [1.165, 1.54) is 4.68 Å². The molecule has 3 rings (SSSR count). The Bertz CT molecular complexity index is 1110. The number of sulfonamides is 1. The molecule has 0 saturated carbocycles. The number of para-hydroxylation sites is 1. The molecule has 0 spiro atoms. The van der Waals surface area contributed by atoms with Crippen LogP contribution in [-0.2, 0) is 20.2 Å². The van der Waals surface area contributed by atoms with Crippen molar-refractivity contribution in [3.63, 3.8) is 0 Å². The molecule has 0 unspecified atom stereocenters. The van der Waals surface area contributed by atoms with Gasteiger partial charge in [0.05, 0.1) is 17.0 Å². The lowest BCUT2D eigenvalue weighted by Gasteiger charge is -2.19. The summed E-state index contributed by atoms with van der Waals surface area (Å²) in [6.07, 6.45) is 0. The van der Waals surface area contributed by atoms with Gasteiger partial charge < -0.3 is 4.74 Å². The maximum atomic E-state index is 13.0. The second-order valence-corrected chi connectivity index (χ2v) is 9.17. The third kappa shape index (κ3) is 3.89. The zero-order chi connectivity index (χ0) is 20.5. The maximum Gasteiger partial charge on any atom is 0.356 e. The number of fused-ring (bicyclic) bond motifs is 1. The molecule has 0 aliphatic carbocycles. The van der Waals surface area contributed by atoms with Crippen LogP contribution in [0.2, 0.25) is 0 Å². The summed E-state index contributed by atoms with van der Waals surface area (Å²) in [6.45, 7) is 8.08. The van der Waals surface area contributed by atoms with E-state index in [4.69, 9.17) is 4.74 Å². The molecule has 0 fully saturated rings. The van der Waals surface area contributed by atoms with Gasteiger partial charge in [-0.25, -0.2) is 14.3 Å². The second-order valence-electron chi connectivity index (χ2n) is 7.51. The number of nitrogens with zero attached hydrogens (tertiary/aromatic N) is 1. The molecule has 0 atom stereocenters. The van der Waals surface area contributed by atoms with Crippen molar-refractivity contribution in [2.75, 3.05) is 11.4 Å². The third-order valence-corrected chi connectivity index (χ3v) is 5.75. The topological polar surface area (TPSA) is 77.4 Å². The van der Waals surface area contributed by atoms with Gasteiger partial charge in [-0.3, -0.25) is 0 Å². The number of hydrogen-bond donors (Lipinski definition) is 1. The minimum absolute atomic E-state index is 0.0799. The highest BCUT2D eigenvalue weighted by molar-refractivity contribution is 7.92. The Morgan fingerprint density at radius 2 is 1.71 bits per heavy atom. The highest BCUT2D eigenvalue weighted by atomic mass is 32.2. The van der Waals surface area contributed by atoms with Crippen LogP contribution in [0.1, 0.15) is 43.7 Å². The molecule has 7 heteroatoms. The number of carbonyl (C=O) groups is 1. The normalized spacial score (nSPS) is 12.1. The van der Waals surface area contributed by atoms with E-state index in [0.717, 1.165) is 10.9 Å². The van der Waals surface area contributed by atoms with Gasteiger partial charge in [-0.05, 0) is 42.2 Å². The van der Waals surface area contributed by atoms with Crippen molar-refractivity contribution < 1.29 is 17.9 Å². The highest BCUT2D eigenvalue weighted by Crippen LogP contribution is 2.25. The van der Waals surface area contributed by atoms with Gasteiger partial charge in [-0.1, -0.05) is 51.1 Å². The molecule has 1 heterocycles. The van der Waals surface area contributed by atoms with E-state index >= 15 is 0 Å². The Balaban J connectivity index is 2.03. The molecule has 2 aromatic carbocycles. The number of esters is 1. The van der Waals surface area contributed by atoms with Crippen molar-refractivity contribution in [3.8, 4) is 0 Å². The third-order valence-electron chi connectivity index (χ3n) is 4.44. The predicted molar refractivity (Wildman–Crippen MR) is 110 cm³/mol. The predicted octanol–water partition coefficient (Wildman–Crippen LogP) is 4.05. The summed E-state index contributed by atoms with van der Waals surface area (Å²) in [7, 11) is -3.90. The van der Waals surface area contributed by atoms with E-state index in [0.29, 0.717) is 5.52 Å². The summed E-state index contributed by atoms with van der Waals surface area (Å²) in [4.78, 5) is 15.0. The van der Waals surface area contributed by atoms with E-state index in [1.54, 1.807) is 55.5 Å². The Hall–Kier alpha value is -2.80. The summed E-state index contributed by atoms with van der Waals surface area (Å²) >= 11 is 0. The number of nitrogens with one attached hydrogen (secondary N) is 1. The molecule has 0 aliphatic rings. The van der Waals surface area contributed by atoms with E-state index in [9.17, 15) is 13.2 Å². The summed E-state index contributed by atoms with van der Waals surface area (Å²) in [6, 6.07) is 15.5. The molecule has 0 saturated heterocycles. The Kier molecular flexibility index (Phi) is 5.21. The van der Waals surface area contributed by atoms with Gasteiger partial charge >= 0.3 is 5.97 Å². The molecule has 0 aliphatic heterocycles. The molecule has 148 valence electrons. The molecular formula is C21H24N2O4S. The number of benzene rings is 2. The van der Waals surface area contributed by atoms with Crippen LogP contribution < -0.4 is 4.83 Å². The molecule has 0 radical (unpaired) electrons. The molecule has 0 amide bonds. The second kappa shape index (κ2) is 7.31. The minimum atomic E-state index is -3.90. The van der Waals surface area contributed by atoms with Gasteiger partial charge in [-0.15, -0.1) is 0 Å². The fourth-order valence-electron chi connectivity index (χ4n) is 2.92. The first-order chi connectivity index (χ1) is 13.1. The quantitative estimate of drug-likeness (QED) is 0.656. The molecule has 1 N–H and O–H groups in total. The fraction of sp³-hybridized carbons (Fsp3) is 0.286. The first-order valence-electron chi connectivity index (χ1n) is 9.04. The Morgan fingerprint density at radius 3 is 2.32 bits per heavy atom. The lowest BCUT2D eigenvalue weighted by atomic mass is 9.87. The van der Waals surface area contributed by atoms with Crippen molar-refractivity contribution in [2.45, 2.75) is 38.0 Å². The van der Waals surface area contributed by atoms with Crippen LogP contribution in [0.15, 0.2) is 59.5 Å². The van der Waals surface area contributed by atoms with Crippen molar-refractivity contribution in [1.82, 2.24) is 4.68 Å². The lowest BCUT2D eigenvalue weighted by Crippen LogP contribution is -2.27. The molecule has 1 aromatic heterocycles. The largest absolute Gasteiger partial charge is 0.461 e. The monoisotopic (exact) mass is 400 g/mol. The Morgan fingerprint density at radius 1 is 1.07 bits per heavy atom. The van der Waals surface area contributed by atoms with Gasteiger partial charge in [0.15, 0.2) is 0 Å². The average molecular weight is 401 g/mol. The van der Waals surface area contributed by atoms with E-state index < -0.39 is 16.0 Å². The van der Waals surface area contributed by atoms with Crippen molar-refractivity contribution in [3.05, 3.63) is 65.9 Å². The number of hydrogen-bond acceptors (Lipinski definition) is 4. The highest BCUT2D eigenvalue weighted by Gasteiger charge is 2.22.